The summed E-state index contributed by atoms with van der Waals surface area (Å²) in [5.41, 5.74) is 7.00. The molecular formula is C19H25ClN2O3. The summed E-state index contributed by atoms with van der Waals surface area (Å²) in [6, 6.07) is 16.5. The van der Waals surface area contributed by atoms with Crippen molar-refractivity contribution in [3.63, 3.8) is 0 Å². The SMILES string of the molecule is COc1ccc(OC(C)CNC(=O)[C@@H](N)Cc2ccccc2)cc1.Cl. The average Bonchev–Trinajstić information content (AvgIpc) is 2.61. The third-order valence-electron chi connectivity index (χ3n) is 3.60. The molecule has 2 atom stereocenters. The predicted octanol–water partition coefficient (Wildman–Crippen LogP) is 2.57. The molecule has 0 aliphatic rings. The zero-order valence-electron chi connectivity index (χ0n) is 14.5. The van der Waals surface area contributed by atoms with Crippen molar-refractivity contribution in [2.24, 2.45) is 5.73 Å². The number of nitrogens with one attached hydrogen (secondary N) is 1. The summed E-state index contributed by atoms with van der Waals surface area (Å²) >= 11 is 0. The molecule has 3 N–H and O–H groups in total. The van der Waals surface area contributed by atoms with Crippen molar-refractivity contribution in [2.45, 2.75) is 25.5 Å². The number of hydrogen-bond donors (Lipinski definition) is 2. The molecule has 0 heterocycles. The van der Waals surface area contributed by atoms with Crippen LogP contribution >= 0.6 is 12.4 Å². The molecule has 1 amide bonds. The largest absolute Gasteiger partial charge is 0.497 e. The molecule has 2 rings (SSSR count). The van der Waals surface area contributed by atoms with Crippen molar-refractivity contribution in [3.05, 3.63) is 60.2 Å². The molecule has 0 saturated heterocycles. The number of amides is 1. The number of halogens is 1. The number of carbonyl (C=O) groups excluding carboxylic acids is 1. The maximum atomic E-state index is 12.1. The van der Waals surface area contributed by atoms with Gasteiger partial charge in [0.25, 0.3) is 0 Å². The van der Waals surface area contributed by atoms with Crippen LogP contribution in [-0.2, 0) is 11.2 Å². The van der Waals surface area contributed by atoms with E-state index in [1.165, 1.54) is 0 Å². The maximum absolute atomic E-state index is 12.1. The summed E-state index contributed by atoms with van der Waals surface area (Å²) in [5.74, 6) is 1.32. The second-order valence-electron chi connectivity index (χ2n) is 5.65. The van der Waals surface area contributed by atoms with Crippen LogP contribution in [0.2, 0.25) is 0 Å². The molecule has 25 heavy (non-hydrogen) atoms. The summed E-state index contributed by atoms with van der Waals surface area (Å²) in [6.45, 7) is 2.29. The van der Waals surface area contributed by atoms with Gasteiger partial charge < -0.3 is 20.5 Å². The molecule has 5 nitrogen and oxygen atoms in total. The van der Waals surface area contributed by atoms with Gasteiger partial charge in [0.1, 0.15) is 17.6 Å². The quantitative estimate of drug-likeness (QED) is 0.755. The van der Waals surface area contributed by atoms with E-state index in [2.05, 4.69) is 5.32 Å². The van der Waals surface area contributed by atoms with Crippen molar-refractivity contribution in [2.75, 3.05) is 13.7 Å². The highest BCUT2D eigenvalue weighted by atomic mass is 35.5. The van der Waals surface area contributed by atoms with Crippen LogP contribution in [0.4, 0.5) is 0 Å². The normalized spacial score (nSPS) is 12.4. The standard InChI is InChI=1S/C19H24N2O3.ClH/c1-14(24-17-10-8-16(23-2)9-11-17)13-21-19(22)18(20)12-15-6-4-3-5-7-15;/h3-11,14,18H,12-13,20H2,1-2H3,(H,21,22);1H/t14?,18-;/m0./s1. The molecular weight excluding hydrogens is 340 g/mol. The Morgan fingerprint density at radius 2 is 1.68 bits per heavy atom. The van der Waals surface area contributed by atoms with Crippen molar-refractivity contribution >= 4 is 18.3 Å². The number of methoxy groups -OCH3 is 1. The highest BCUT2D eigenvalue weighted by Crippen LogP contribution is 2.17. The van der Waals surface area contributed by atoms with E-state index in [4.69, 9.17) is 15.2 Å². The Balaban J connectivity index is 0.00000312. The average molecular weight is 365 g/mol. The van der Waals surface area contributed by atoms with Gasteiger partial charge in [-0.2, -0.15) is 0 Å². The number of hydrogen-bond acceptors (Lipinski definition) is 4. The van der Waals surface area contributed by atoms with Gasteiger partial charge in [0, 0.05) is 0 Å². The number of ether oxygens (including phenoxy) is 2. The van der Waals surface area contributed by atoms with E-state index in [-0.39, 0.29) is 24.4 Å². The monoisotopic (exact) mass is 364 g/mol. The maximum Gasteiger partial charge on any atom is 0.237 e. The fourth-order valence-corrected chi connectivity index (χ4v) is 2.26. The fourth-order valence-electron chi connectivity index (χ4n) is 2.26. The number of rotatable bonds is 8. The molecule has 0 bridgehead atoms. The van der Waals surface area contributed by atoms with Gasteiger partial charge >= 0.3 is 0 Å². The Labute approximate surface area is 154 Å². The van der Waals surface area contributed by atoms with Crippen molar-refractivity contribution in [1.29, 1.82) is 0 Å². The molecule has 0 aliphatic carbocycles. The molecule has 0 fully saturated rings. The Kier molecular flexibility index (Phi) is 8.81. The lowest BCUT2D eigenvalue weighted by molar-refractivity contribution is -0.122. The van der Waals surface area contributed by atoms with Crippen LogP contribution in [0, 0.1) is 0 Å². The molecule has 6 heteroatoms. The molecule has 2 aromatic carbocycles. The minimum atomic E-state index is -0.569. The molecule has 136 valence electrons. The summed E-state index contributed by atoms with van der Waals surface area (Å²) in [7, 11) is 1.62. The van der Waals surface area contributed by atoms with Crippen molar-refractivity contribution < 1.29 is 14.3 Å². The first-order valence-electron chi connectivity index (χ1n) is 7.96. The molecule has 0 aromatic heterocycles. The van der Waals surface area contributed by atoms with Gasteiger partial charge in [-0.25, -0.2) is 0 Å². The lowest BCUT2D eigenvalue weighted by Gasteiger charge is -2.17. The van der Waals surface area contributed by atoms with E-state index < -0.39 is 6.04 Å². The highest BCUT2D eigenvalue weighted by molar-refractivity contribution is 5.85. The Morgan fingerprint density at radius 3 is 2.28 bits per heavy atom. The predicted molar refractivity (Wildman–Crippen MR) is 101 cm³/mol. The van der Waals surface area contributed by atoms with Gasteiger partial charge in [0.2, 0.25) is 5.91 Å². The molecule has 0 radical (unpaired) electrons. The van der Waals surface area contributed by atoms with Crippen molar-refractivity contribution in [3.8, 4) is 11.5 Å². The zero-order chi connectivity index (χ0) is 17.4. The van der Waals surface area contributed by atoms with E-state index in [0.717, 1.165) is 17.1 Å². The van der Waals surface area contributed by atoms with Crippen LogP contribution in [0.3, 0.4) is 0 Å². The van der Waals surface area contributed by atoms with Gasteiger partial charge in [0.05, 0.1) is 19.7 Å². The topological polar surface area (TPSA) is 73.6 Å². The second kappa shape index (κ2) is 10.6. The molecule has 1 unspecified atom stereocenters. The third kappa shape index (κ3) is 7.03. The summed E-state index contributed by atoms with van der Waals surface area (Å²) in [5, 5.41) is 2.83. The first kappa shape index (κ1) is 20.8. The van der Waals surface area contributed by atoms with Crippen LogP contribution in [0.15, 0.2) is 54.6 Å². The van der Waals surface area contributed by atoms with Gasteiger partial charge in [-0.1, -0.05) is 30.3 Å². The van der Waals surface area contributed by atoms with Crippen LogP contribution in [0.5, 0.6) is 11.5 Å². The van der Waals surface area contributed by atoms with E-state index in [1.807, 2.05) is 61.5 Å². The van der Waals surface area contributed by atoms with Gasteiger partial charge in [-0.05, 0) is 43.2 Å². The number of nitrogens with two attached hydrogens (primary N) is 1. The Bertz CT molecular complexity index is 635. The number of carbonyl (C=O) groups is 1. The second-order valence-corrected chi connectivity index (χ2v) is 5.65. The number of benzene rings is 2. The Morgan fingerprint density at radius 1 is 1.08 bits per heavy atom. The molecule has 2 aromatic rings. The lowest BCUT2D eigenvalue weighted by atomic mass is 10.1. The summed E-state index contributed by atoms with van der Waals surface area (Å²) in [6.07, 6.45) is 0.353. The molecule has 0 saturated carbocycles. The van der Waals surface area contributed by atoms with Crippen LogP contribution in [0.1, 0.15) is 12.5 Å². The van der Waals surface area contributed by atoms with Crippen LogP contribution in [0.25, 0.3) is 0 Å². The third-order valence-corrected chi connectivity index (χ3v) is 3.60. The van der Waals surface area contributed by atoms with Crippen LogP contribution in [-0.4, -0.2) is 31.7 Å². The lowest BCUT2D eigenvalue weighted by Crippen LogP contribution is -2.45. The minimum Gasteiger partial charge on any atom is -0.497 e. The molecule has 0 spiro atoms. The first-order valence-corrected chi connectivity index (χ1v) is 7.96. The van der Waals surface area contributed by atoms with Gasteiger partial charge in [0.15, 0.2) is 0 Å². The highest BCUT2D eigenvalue weighted by Gasteiger charge is 2.15. The van der Waals surface area contributed by atoms with E-state index >= 15 is 0 Å². The van der Waals surface area contributed by atoms with Gasteiger partial charge in [-0.15, -0.1) is 12.4 Å². The van der Waals surface area contributed by atoms with E-state index in [0.29, 0.717) is 13.0 Å². The first-order chi connectivity index (χ1) is 11.6. The zero-order valence-corrected chi connectivity index (χ0v) is 15.3. The van der Waals surface area contributed by atoms with Crippen molar-refractivity contribution in [1.82, 2.24) is 5.32 Å². The van der Waals surface area contributed by atoms with Crippen LogP contribution < -0.4 is 20.5 Å². The van der Waals surface area contributed by atoms with E-state index in [1.54, 1.807) is 7.11 Å². The fraction of sp³-hybridized carbons (Fsp3) is 0.316. The summed E-state index contributed by atoms with van der Waals surface area (Å²) < 4.78 is 10.9. The summed E-state index contributed by atoms with van der Waals surface area (Å²) in [4.78, 5) is 12.1. The minimum absolute atomic E-state index is 0. The Hall–Kier alpha value is -2.24. The van der Waals surface area contributed by atoms with Gasteiger partial charge in [-0.3, -0.25) is 4.79 Å². The smallest absolute Gasteiger partial charge is 0.237 e. The van der Waals surface area contributed by atoms with E-state index in [9.17, 15) is 4.79 Å². The molecule has 0 aliphatic heterocycles.